The predicted octanol–water partition coefficient (Wildman–Crippen LogP) is 2.92. The molecule has 0 amide bonds. The molecule has 1 saturated heterocycles. The maximum atomic E-state index is 12.7. The Hall–Kier alpha value is -2.18. The summed E-state index contributed by atoms with van der Waals surface area (Å²) < 4.78 is 1.68. The van der Waals surface area contributed by atoms with Crippen LogP contribution in [0.3, 0.4) is 0 Å². The maximum absolute atomic E-state index is 12.7. The molecule has 1 aliphatic carbocycles. The molecule has 2 fully saturated rings. The van der Waals surface area contributed by atoms with Crippen molar-refractivity contribution in [1.82, 2.24) is 14.3 Å². The van der Waals surface area contributed by atoms with Gasteiger partial charge in [0.15, 0.2) is 4.96 Å². The number of likely N-dealkylation sites (tertiary alicyclic amines) is 1. The maximum Gasteiger partial charge on any atom is 0.261 e. The van der Waals surface area contributed by atoms with Crippen molar-refractivity contribution in [3.8, 4) is 0 Å². The molecule has 3 atom stereocenters. The van der Waals surface area contributed by atoms with Gasteiger partial charge in [0.2, 0.25) is 0 Å². The van der Waals surface area contributed by atoms with E-state index in [-0.39, 0.29) is 5.56 Å². The number of nitrogens with two attached hydrogens (primary N) is 1. The van der Waals surface area contributed by atoms with Gasteiger partial charge in [-0.05, 0) is 55.2 Å². The molecule has 2 aliphatic rings. The van der Waals surface area contributed by atoms with Gasteiger partial charge in [-0.15, -0.1) is 11.3 Å². The number of nitrogens with zero attached hydrogens (tertiary/aromatic N) is 3. The first kappa shape index (κ1) is 17.0. The van der Waals surface area contributed by atoms with E-state index in [0.29, 0.717) is 5.92 Å². The lowest BCUT2D eigenvalue weighted by Crippen LogP contribution is -2.33. The number of hydrogen-bond donors (Lipinski definition) is 1. The SMILES string of the molecule is Cc1nc2sccn2c(=O)c1CCN1CC2CC(c3ccc(N)cc3)C2C1. The summed E-state index contributed by atoms with van der Waals surface area (Å²) in [6.45, 7) is 5.19. The van der Waals surface area contributed by atoms with Gasteiger partial charge in [-0.3, -0.25) is 9.20 Å². The van der Waals surface area contributed by atoms with Crippen molar-refractivity contribution in [3.63, 3.8) is 0 Å². The smallest absolute Gasteiger partial charge is 0.261 e. The Kier molecular flexibility index (Phi) is 4.06. The lowest BCUT2D eigenvalue weighted by molar-refractivity contribution is 0.191. The molecule has 3 heterocycles. The topological polar surface area (TPSA) is 63.6 Å². The molecule has 0 spiro atoms. The normalized spacial score (nSPS) is 24.9. The highest BCUT2D eigenvalue weighted by atomic mass is 32.1. The minimum absolute atomic E-state index is 0.0978. The summed E-state index contributed by atoms with van der Waals surface area (Å²) in [5.74, 6) is 2.21. The molecule has 6 heteroatoms. The van der Waals surface area contributed by atoms with Crippen molar-refractivity contribution in [2.24, 2.45) is 11.8 Å². The van der Waals surface area contributed by atoms with Crippen LogP contribution in [0.15, 0.2) is 40.6 Å². The number of hydrogen-bond acceptors (Lipinski definition) is 5. The van der Waals surface area contributed by atoms with Gasteiger partial charge >= 0.3 is 0 Å². The third kappa shape index (κ3) is 2.87. The highest BCUT2D eigenvalue weighted by molar-refractivity contribution is 7.15. The van der Waals surface area contributed by atoms with Gasteiger partial charge in [-0.25, -0.2) is 4.98 Å². The van der Waals surface area contributed by atoms with Gasteiger partial charge < -0.3 is 10.6 Å². The molecule has 140 valence electrons. The van der Waals surface area contributed by atoms with Crippen LogP contribution in [0.1, 0.15) is 29.2 Å². The Morgan fingerprint density at radius 3 is 2.89 bits per heavy atom. The fourth-order valence-electron chi connectivity index (χ4n) is 4.88. The first-order valence-corrected chi connectivity index (χ1v) is 10.5. The number of nitrogen functional groups attached to an aromatic ring is 1. The van der Waals surface area contributed by atoms with E-state index in [1.807, 2.05) is 30.6 Å². The summed E-state index contributed by atoms with van der Waals surface area (Å²) in [4.78, 5) is 20.6. The Bertz CT molecular complexity index is 1040. The molecular weight excluding hydrogens is 356 g/mol. The third-order valence-corrected chi connectivity index (χ3v) is 7.21. The van der Waals surface area contributed by atoms with Crippen LogP contribution >= 0.6 is 11.3 Å². The van der Waals surface area contributed by atoms with Crippen LogP contribution in [-0.2, 0) is 6.42 Å². The predicted molar refractivity (Wildman–Crippen MR) is 109 cm³/mol. The van der Waals surface area contributed by atoms with Gasteiger partial charge in [0.1, 0.15) is 0 Å². The van der Waals surface area contributed by atoms with Crippen molar-refractivity contribution in [2.45, 2.75) is 25.7 Å². The zero-order chi connectivity index (χ0) is 18.5. The van der Waals surface area contributed by atoms with E-state index in [0.717, 1.165) is 59.8 Å². The summed E-state index contributed by atoms with van der Waals surface area (Å²) in [6, 6.07) is 8.40. The summed E-state index contributed by atoms with van der Waals surface area (Å²) >= 11 is 1.51. The molecule has 1 aliphatic heterocycles. The summed E-state index contributed by atoms with van der Waals surface area (Å²) in [7, 11) is 0. The summed E-state index contributed by atoms with van der Waals surface area (Å²) in [5, 5.41) is 1.92. The quantitative estimate of drug-likeness (QED) is 0.707. The number of aryl methyl sites for hydroxylation is 1. The minimum atomic E-state index is 0.0978. The number of fused-ring (bicyclic) bond motifs is 2. The number of anilines is 1. The van der Waals surface area contributed by atoms with Gasteiger partial charge in [0, 0.05) is 48.2 Å². The third-order valence-electron chi connectivity index (χ3n) is 6.45. The molecule has 3 unspecified atom stereocenters. The van der Waals surface area contributed by atoms with E-state index in [2.05, 4.69) is 22.0 Å². The van der Waals surface area contributed by atoms with Crippen molar-refractivity contribution in [1.29, 1.82) is 0 Å². The van der Waals surface area contributed by atoms with E-state index < -0.39 is 0 Å². The van der Waals surface area contributed by atoms with E-state index in [9.17, 15) is 4.79 Å². The molecule has 1 aromatic carbocycles. The van der Waals surface area contributed by atoms with E-state index in [4.69, 9.17) is 5.73 Å². The van der Waals surface area contributed by atoms with E-state index in [1.165, 1.54) is 23.3 Å². The van der Waals surface area contributed by atoms with Crippen LogP contribution in [0.2, 0.25) is 0 Å². The van der Waals surface area contributed by atoms with Crippen molar-refractivity contribution in [3.05, 3.63) is 63.0 Å². The molecule has 2 aromatic heterocycles. The second-order valence-electron chi connectivity index (χ2n) is 7.98. The average Bonchev–Trinajstić information content (AvgIpc) is 3.22. The molecule has 1 saturated carbocycles. The van der Waals surface area contributed by atoms with Crippen LogP contribution in [0.4, 0.5) is 5.69 Å². The Morgan fingerprint density at radius 1 is 1.26 bits per heavy atom. The van der Waals surface area contributed by atoms with Gasteiger partial charge in [-0.2, -0.15) is 0 Å². The first-order chi connectivity index (χ1) is 13.1. The van der Waals surface area contributed by atoms with Gasteiger partial charge in [-0.1, -0.05) is 12.1 Å². The molecule has 5 nitrogen and oxygen atoms in total. The number of benzene rings is 1. The zero-order valence-corrected chi connectivity index (χ0v) is 16.3. The van der Waals surface area contributed by atoms with Crippen LogP contribution in [-0.4, -0.2) is 33.9 Å². The molecule has 5 rings (SSSR count). The largest absolute Gasteiger partial charge is 0.399 e. The van der Waals surface area contributed by atoms with Crippen molar-refractivity contribution >= 4 is 22.0 Å². The number of aromatic nitrogens is 2. The molecule has 0 bridgehead atoms. The molecule has 27 heavy (non-hydrogen) atoms. The van der Waals surface area contributed by atoms with Crippen molar-refractivity contribution in [2.75, 3.05) is 25.4 Å². The fourth-order valence-corrected chi connectivity index (χ4v) is 5.64. The van der Waals surface area contributed by atoms with Gasteiger partial charge in [0.25, 0.3) is 5.56 Å². The highest BCUT2D eigenvalue weighted by Gasteiger charge is 2.47. The summed E-state index contributed by atoms with van der Waals surface area (Å²) in [6.07, 6.45) is 3.88. The molecule has 3 aromatic rings. The second-order valence-corrected chi connectivity index (χ2v) is 8.85. The average molecular weight is 381 g/mol. The fraction of sp³-hybridized carbons (Fsp3) is 0.429. The van der Waals surface area contributed by atoms with Gasteiger partial charge in [0.05, 0.1) is 0 Å². The van der Waals surface area contributed by atoms with Crippen LogP contribution < -0.4 is 11.3 Å². The highest BCUT2D eigenvalue weighted by Crippen LogP contribution is 2.51. The van der Waals surface area contributed by atoms with E-state index >= 15 is 0 Å². The summed E-state index contributed by atoms with van der Waals surface area (Å²) in [5.41, 5.74) is 9.92. The Labute approximate surface area is 162 Å². The van der Waals surface area contributed by atoms with Crippen LogP contribution in [0.5, 0.6) is 0 Å². The van der Waals surface area contributed by atoms with Crippen molar-refractivity contribution < 1.29 is 0 Å². The molecule has 0 radical (unpaired) electrons. The Balaban J connectivity index is 1.26. The standard InChI is InChI=1S/C21H24N4OS/c1-13-17(20(26)25-8-9-27-21(25)23-13)6-7-24-11-15-10-18(19(15)12-24)14-2-4-16(22)5-3-14/h2-5,8-9,15,18-19H,6-7,10-12,22H2,1H3. The monoisotopic (exact) mass is 380 g/mol. The number of rotatable bonds is 4. The molecule has 2 N–H and O–H groups in total. The Morgan fingerprint density at radius 2 is 2.07 bits per heavy atom. The minimum Gasteiger partial charge on any atom is -0.399 e. The first-order valence-electron chi connectivity index (χ1n) is 9.63. The zero-order valence-electron chi connectivity index (χ0n) is 15.5. The van der Waals surface area contributed by atoms with E-state index in [1.54, 1.807) is 4.40 Å². The van der Waals surface area contributed by atoms with Crippen LogP contribution in [0.25, 0.3) is 4.96 Å². The lowest BCUT2D eigenvalue weighted by atomic mass is 9.64. The molecular formula is C21H24N4OS. The lowest BCUT2D eigenvalue weighted by Gasteiger charge is -2.40. The van der Waals surface area contributed by atoms with Crippen LogP contribution in [0, 0.1) is 18.8 Å². The second kappa shape index (κ2) is 6.46. The number of thiazole rings is 1.